The quantitative estimate of drug-likeness (QED) is 0.853. The average molecular weight is 345 g/mol. The Balaban J connectivity index is 1.52. The lowest BCUT2D eigenvalue weighted by molar-refractivity contribution is -0.132. The highest BCUT2D eigenvalue weighted by Crippen LogP contribution is 2.28. The molecule has 0 spiro atoms. The van der Waals surface area contributed by atoms with E-state index in [9.17, 15) is 13.6 Å². The van der Waals surface area contributed by atoms with E-state index in [0.29, 0.717) is 24.6 Å². The van der Waals surface area contributed by atoms with Crippen LogP contribution in [0.2, 0.25) is 0 Å². The summed E-state index contributed by atoms with van der Waals surface area (Å²) < 4.78 is 26.6. The van der Waals surface area contributed by atoms with Crippen molar-refractivity contribution in [1.82, 2.24) is 14.9 Å². The van der Waals surface area contributed by atoms with Gasteiger partial charge < -0.3 is 4.90 Å². The van der Waals surface area contributed by atoms with Crippen molar-refractivity contribution in [3.05, 3.63) is 59.2 Å². The van der Waals surface area contributed by atoms with Crippen molar-refractivity contribution < 1.29 is 13.6 Å². The first kappa shape index (κ1) is 17.5. The van der Waals surface area contributed by atoms with Gasteiger partial charge in [-0.05, 0) is 43.4 Å². The third kappa shape index (κ3) is 4.18. The molecule has 0 bridgehead atoms. The highest BCUT2D eigenvalue weighted by atomic mass is 19.1. The number of likely N-dealkylation sites (tertiary alicyclic amines) is 1. The summed E-state index contributed by atoms with van der Waals surface area (Å²) >= 11 is 0. The second kappa shape index (κ2) is 7.68. The summed E-state index contributed by atoms with van der Waals surface area (Å²) in [6, 6.07) is 3.48. The third-order valence-electron chi connectivity index (χ3n) is 4.79. The van der Waals surface area contributed by atoms with Crippen molar-refractivity contribution in [3.8, 4) is 0 Å². The predicted octanol–water partition coefficient (Wildman–Crippen LogP) is 3.40. The fourth-order valence-corrected chi connectivity index (χ4v) is 3.36. The summed E-state index contributed by atoms with van der Waals surface area (Å²) in [6.07, 6.45) is 5.65. The molecule has 3 rings (SSSR count). The molecule has 4 nitrogen and oxygen atoms in total. The maximum Gasteiger partial charge on any atom is 0.222 e. The number of benzene rings is 1. The molecule has 1 saturated heterocycles. The lowest BCUT2D eigenvalue weighted by atomic mass is 9.91. The molecule has 132 valence electrons. The van der Waals surface area contributed by atoms with Crippen LogP contribution in [0.4, 0.5) is 8.78 Å². The SMILES string of the molecule is Cc1cncnc1C1CCN(C(=O)CCc2ccc(F)cc2F)CC1. The van der Waals surface area contributed by atoms with E-state index >= 15 is 0 Å². The summed E-state index contributed by atoms with van der Waals surface area (Å²) in [5.41, 5.74) is 2.52. The molecular formula is C19H21F2N3O. The van der Waals surface area contributed by atoms with Gasteiger partial charge in [-0.15, -0.1) is 0 Å². The highest BCUT2D eigenvalue weighted by Gasteiger charge is 2.25. The van der Waals surface area contributed by atoms with E-state index in [4.69, 9.17) is 0 Å². The summed E-state index contributed by atoms with van der Waals surface area (Å²) in [5, 5.41) is 0. The van der Waals surface area contributed by atoms with Gasteiger partial charge in [0.25, 0.3) is 0 Å². The monoisotopic (exact) mass is 345 g/mol. The molecule has 1 fully saturated rings. The van der Waals surface area contributed by atoms with E-state index in [1.807, 2.05) is 18.0 Å². The number of aromatic nitrogens is 2. The molecule has 25 heavy (non-hydrogen) atoms. The fourth-order valence-electron chi connectivity index (χ4n) is 3.36. The second-order valence-corrected chi connectivity index (χ2v) is 6.48. The van der Waals surface area contributed by atoms with Crippen molar-refractivity contribution in [1.29, 1.82) is 0 Å². The minimum Gasteiger partial charge on any atom is -0.343 e. The molecule has 1 amide bonds. The number of hydrogen-bond acceptors (Lipinski definition) is 3. The third-order valence-corrected chi connectivity index (χ3v) is 4.79. The van der Waals surface area contributed by atoms with Crippen LogP contribution in [-0.4, -0.2) is 33.9 Å². The smallest absolute Gasteiger partial charge is 0.222 e. The van der Waals surface area contributed by atoms with E-state index < -0.39 is 11.6 Å². The van der Waals surface area contributed by atoms with Gasteiger partial charge in [0.1, 0.15) is 18.0 Å². The molecule has 6 heteroatoms. The normalized spacial score (nSPS) is 15.4. The lowest BCUT2D eigenvalue weighted by Gasteiger charge is -2.32. The Morgan fingerprint density at radius 1 is 1.28 bits per heavy atom. The van der Waals surface area contributed by atoms with Crippen molar-refractivity contribution in [2.24, 2.45) is 0 Å². The first-order chi connectivity index (χ1) is 12.0. The molecule has 1 aliphatic heterocycles. The zero-order valence-electron chi connectivity index (χ0n) is 14.2. The number of nitrogens with zero attached hydrogens (tertiary/aromatic N) is 3. The summed E-state index contributed by atoms with van der Waals surface area (Å²) in [5.74, 6) is -0.830. The van der Waals surface area contributed by atoms with Crippen LogP contribution in [0, 0.1) is 18.6 Å². The summed E-state index contributed by atoms with van der Waals surface area (Å²) in [4.78, 5) is 22.6. The molecule has 1 aliphatic rings. The molecule has 0 N–H and O–H groups in total. The molecule has 0 atom stereocenters. The predicted molar refractivity (Wildman–Crippen MR) is 90.0 cm³/mol. The first-order valence-electron chi connectivity index (χ1n) is 8.53. The minimum atomic E-state index is -0.602. The van der Waals surface area contributed by atoms with Crippen molar-refractivity contribution in [2.75, 3.05) is 13.1 Å². The standard InChI is InChI=1S/C19H21F2N3O/c1-13-11-22-12-23-19(13)15-6-8-24(9-7-15)18(25)5-3-14-2-4-16(20)10-17(14)21/h2,4,10-12,15H,3,5-9H2,1H3. The Hall–Kier alpha value is -2.37. The molecular weight excluding hydrogens is 324 g/mol. The van der Waals surface area contributed by atoms with Crippen LogP contribution in [-0.2, 0) is 11.2 Å². The molecule has 2 aromatic rings. The molecule has 2 heterocycles. The fraction of sp³-hybridized carbons (Fsp3) is 0.421. The Morgan fingerprint density at radius 2 is 2.04 bits per heavy atom. The minimum absolute atomic E-state index is 0.0154. The van der Waals surface area contributed by atoms with Gasteiger partial charge in [-0.2, -0.15) is 0 Å². The van der Waals surface area contributed by atoms with Crippen molar-refractivity contribution >= 4 is 5.91 Å². The number of carbonyl (C=O) groups is 1. The molecule has 1 aromatic heterocycles. The van der Waals surface area contributed by atoms with E-state index in [2.05, 4.69) is 9.97 Å². The van der Waals surface area contributed by atoms with Crippen LogP contribution < -0.4 is 0 Å². The number of piperidine rings is 1. The van der Waals surface area contributed by atoms with Gasteiger partial charge in [-0.3, -0.25) is 4.79 Å². The topological polar surface area (TPSA) is 46.1 Å². The Kier molecular flexibility index (Phi) is 5.36. The van der Waals surface area contributed by atoms with Crippen LogP contribution >= 0.6 is 0 Å². The number of halogens is 2. The van der Waals surface area contributed by atoms with Gasteiger partial charge in [-0.1, -0.05) is 6.07 Å². The van der Waals surface area contributed by atoms with Gasteiger partial charge in [0.2, 0.25) is 5.91 Å². The highest BCUT2D eigenvalue weighted by molar-refractivity contribution is 5.76. The van der Waals surface area contributed by atoms with E-state index in [1.165, 1.54) is 12.1 Å². The Bertz CT molecular complexity index is 758. The maximum absolute atomic E-state index is 13.6. The molecule has 1 aromatic carbocycles. The van der Waals surface area contributed by atoms with Gasteiger partial charge in [-0.25, -0.2) is 18.7 Å². The number of amides is 1. The Labute approximate surface area is 145 Å². The Morgan fingerprint density at radius 3 is 2.72 bits per heavy atom. The number of aryl methyl sites for hydroxylation is 2. The summed E-state index contributed by atoms with van der Waals surface area (Å²) in [6.45, 7) is 3.36. The maximum atomic E-state index is 13.6. The zero-order valence-corrected chi connectivity index (χ0v) is 14.2. The number of rotatable bonds is 4. The van der Waals surface area contributed by atoms with Crippen LogP contribution in [0.25, 0.3) is 0 Å². The van der Waals surface area contributed by atoms with Crippen molar-refractivity contribution in [3.63, 3.8) is 0 Å². The molecule has 0 aliphatic carbocycles. The molecule has 0 saturated carbocycles. The average Bonchev–Trinajstić information content (AvgIpc) is 2.61. The van der Waals surface area contributed by atoms with E-state index in [1.54, 1.807) is 6.33 Å². The van der Waals surface area contributed by atoms with Crippen molar-refractivity contribution in [2.45, 2.75) is 38.5 Å². The number of carbonyl (C=O) groups excluding carboxylic acids is 1. The second-order valence-electron chi connectivity index (χ2n) is 6.48. The molecule has 0 radical (unpaired) electrons. The van der Waals surface area contributed by atoms with Crippen LogP contribution in [0.1, 0.15) is 42.0 Å². The zero-order chi connectivity index (χ0) is 17.8. The van der Waals surface area contributed by atoms with E-state index in [0.717, 1.165) is 30.2 Å². The van der Waals surface area contributed by atoms with Gasteiger partial charge >= 0.3 is 0 Å². The summed E-state index contributed by atoms with van der Waals surface area (Å²) in [7, 11) is 0. The van der Waals surface area contributed by atoms with Gasteiger partial charge in [0, 0.05) is 43.4 Å². The van der Waals surface area contributed by atoms with Gasteiger partial charge in [0.15, 0.2) is 0 Å². The van der Waals surface area contributed by atoms with Crippen LogP contribution in [0.15, 0.2) is 30.7 Å². The van der Waals surface area contributed by atoms with Gasteiger partial charge in [0.05, 0.1) is 0 Å². The molecule has 0 unspecified atom stereocenters. The lowest BCUT2D eigenvalue weighted by Crippen LogP contribution is -2.38. The van der Waals surface area contributed by atoms with E-state index in [-0.39, 0.29) is 18.7 Å². The van der Waals surface area contributed by atoms with Crippen LogP contribution in [0.3, 0.4) is 0 Å². The first-order valence-corrected chi connectivity index (χ1v) is 8.53. The number of hydrogen-bond donors (Lipinski definition) is 0. The van der Waals surface area contributed by atoms with Crippen LogP contribution in [0.5, 0.6) is 0 Å². The largest absolute Gasteiger partial charge is 0.343 e.